The number of hydrogen-bond donors (Lipinski definition) is 0. The lowest BCUT2D eigenvalue weighted by atomic mass is 10.0. The third kappa shape index (κ3) is 5.40. The predicted octanol–water partition coefficient (Wildman–Crippen LogP) is 7.11. The molecule has 1 heterocycles. The molecule has 0 radical (unpaired) electrons. The second-order valence-electron chi connectivity index (χ2n) is 8.26. The van der Waals surface area contributed by atoms with E-state index in [1.54, 1.807) is 0 Å². The largest absolute Gasteiger partial charge is 0.378 e. The molecule has 1 aliphatic heterocycles. The smallest absolute Gasteiger partial charge is 0.112 e. The van der Waals surface area contributed by atoms with Gasteiger partial charge in [-0.05, 0) is 37.5 Å². The van der Waals surface area contributed by atoms with Crippen molar-refractivity contribution in [2.24, 2.45) is 4.74 Å². The van der Waals surface area contributed by atoms with E-state index in [-0.39, 0.29) is 0 Å². The van der Waals surface area contributed by atoms with Gasteiger partial charge in [0, 0.05) is 50.0 Å². The Morgan fingerprint density at radius 3 is 2.25 bits per heavy atom. The molecule has 1 aliphatic carbocycles. The molecule has 0 amide bonds. The maximum atomic E-state index is 6.70. The lowest BCUT2D eigenvalue weighted by Crippen LogP contribution is -2.44. The van der Waals surface area contributed by atoms with Gasteiger partial charge >= 0.3 is 0 Å². The normalized spacial score (nSPS) is 20.1. The van der Waals surface area contributed by atoms with Gasteiger partial charge in [-0.15, -0.1) is 0 Å². The van der Waals surface area contributed by atoms with Crippen LogP contribution in [-0.4, -0.2) is 72.4 Å². The lowest BCUT2D eigenvalue weighted by Gasteiger charge is -2.50. The first-order chi connectivity index (χ1) is 15.5. The molecule has 0 aromatic heterocycles. The van der Waals surface area contributed by atoms with E-state index in [2.05, 4.69) is 48.0 Å². The Morgan fingerprint density at radius 2 is 1.66 bits per heavy atom. The zero-order valence-electron chi connectivity index (χ0n) is 20.1. The number of hydrogen-bond acceptors (Lipinski definition) is 3. The molecule has 1 atom stereocenters. The topological polar surface area (TPSA) is 31.3 Å². The number of benzene rings is 1. The summed E-state index contributed by atoms with van der Waals surface area (Å²) in [6, 6.07) is 5.66. The SMILES string of the molecule is CCN(CC)P(=Nc1cc(Cl)ccc1Cl)([C@@H]1CCCC=C1N1CCOCC1)N(CC)CC. The van der Waals surface area contributed by atoms with Crippen LogP contribution in [-0.2, 0) is 4.74 Å². The second-order valence-corrected chi connectivity index (χ2v) is 12.3. The molecule has 5 nitrogen and oxygen atoms in total. The fourth-order valence-electron chi connectivity index (χ4n) is 5.13. The molecular weight excluding hydrogens is 462 g/mol. The molecule has 1 aromatic rings. The number of nitrogens with zero attached hydrogens (tertiary/aromatic N) is 4. The van der Waals surface area contributed by atoms with Gasteiger partial charge in [-0.1, -0.05) is 57.0 Å². The Balaban J connectivity index is 2.28. The highest BCUT2D eigenvalue weighted by Crippen LogP contribution is 2.66. The van der Waals surface area contributed by atoms with Crippen molar-refractivity contribution in [3.05, 3.63) is 40.0 Å². The van der Waals surface area contributed by atoms with E-state index in [9.17, 15) is 0 Å². The summed E-state index contributed by atoms with van der Waals surface area (Å²) in [7, 11) is -2.19. The van der Waals surface area contributed by atoms with E-state index in [1.807, 2.05) is 18.2 Å². The fourth-order valence-corrected chi connectivity index (χ4v) is 10.4. The van der Waals surface area contributed by atoms with E-state index >= 15 is 0 Å². The van der Waals surface area contributed by atoms with Crippen LogP contribution in [0.4, 0.5) is 5.69 Å². The van der Waals surface area contributed by atoms with Gasteiger partial charge in [0.2, 0.25) is 0 Å². The van der Waals surface area contributed by atoms with E-state index < -0.39 is 7.36 Å². The van der Waals surface area contributed by atoms with Gasteiger partial charge in [0.15, 0.2) is 0 Å². The Kier molecular flexibility index (Phi) is 9.97. The zero-order valence-corrected chi connectivity index (χ0v) is 22.5. The lowest BCUT2D eigenvalue weighted by molar-refractivity contribution is 0.0513. The van der Waals surface area contributed by atoms with Crippen molar-refractivity contribution in [3.8, 4) is 0 Å². The van der Waals surface area contributed by atoms with Crippen molar-refractivity contribution in [3.63, 3.8) is 0 Å². The van der Waals surface area contributed by atoms with Crippen molar-refractivity contribution in [1.29, 1.82) is 0 Å². The summed E-state index contributed by atoms with van der Waals surface area (Å²) in [5, 5.41) is 1.35. The van der Waals surface area contributed by atoms with Gasteiger partial charge < -0.3 is 9.64 Å². The van der Waals surface area contributed by atoms with Crippen molar-refractivity contribution in [2.45, 2.75) is 52.6 Å². The molecule has 32 heavy (non-hydrogen) atoms. The summed E-state index contributed by atoms with van der Waals surface area (Å²) < 4.78 is 16.6. The van der Waals surface area contributed by atoms with E-state index in [0.29, 0.717) is 15.7 Å². The van der Waals surface area contributed by atoms with Crippen molar-refractivity contribution >= 4 is 36.2 Å². The first kappa shape index (κ1) is 26.1. The Labute approximate surface area is 204 Å². The monoisotopic (exact) mass is 500 g/mol. The Hall–Kier alpha value is -0.550. The number of morpholine rings is 1. The molecule has 8 heteroatoms. The number of halogens is 2. The average Bonchev–Trinajstić information content (AvgIpc) is 2.83. The quantitative estimate of drug-likeness (QED) is 0.338. The van der Waals surface area contributed by atoms with Crippen LogP contribution in [0.3, 0.4) is 0 Å². The molecule has 0 saturated carbocycles. The molecule has 0 bridgehead atoms. The molecule has 3 rings (SSSR count). The van der Waals surface area contributed by atoms with Crippen LogP contribution in [0, 0.1) is 0 Å². The van der Waals surface area contributed by atoms with E-state index in [0.717, 1.165) is 71.0 Å². The van der Waals surface area contributed by atoms with E-state index in [4.69, 9.17) is 32.7 Å². The maximum absolute atomic E-state index is 6.70. The molecule has 1 aromatic carbocycles. The summed E-state index contributed by atoms with van der Waals surface area (Å²) in [5.41, 5.74) is 2.64. The molecule has 2 aliphatic rings. The van der Waals surface area contributed by atoms with Crippen LogP contribution in [0.1, 0.15) is 47.0 Å². The van der Waals surface area contributed by atoms with Crippen molar-refractivity contribution in [1.82, 2.24) is 14.2 Å². The molecule has 0 unspecified atom stereocenters. The Morgan fingerprint density at radius 1 is 1.03 bits per heavy atom. The van der Waals surface area contributed by atoms with Crippen molar-refractivity contribution < 1.29 is 4.74 Å². The minimum absolute atomic E-state index is 0.351. The van der Waals surface area contributed by atoms with Crippen molar-refractivity contribution in [2.75, 3.05) is 52.5 Å². The predicted molar refractivity (Wildman–Crippen MR) is 139 cm³/mol. The van der Waals surface area contributed by atoms with Crippen LogP contribution in [0.25, 0.3) is 0 Å². The van der Waals surface area contributed by atoms with Gasteiger partial charge in [0.1, 0.15) is 7.36 Å². The van der Waals surface area contributed by atoms with Gasteiger partial charge in [-0.2, -0.15) is 0 Å². The summed E-state index contributed by atoms with van der Waals surface area (Å²) in [5.74, 6) is 0. The van der Waals surface area contributed by atoms with Crippen LogP contribution in [0.15, 0.2) is 34.7 Å². The van der Waals surface area contributed by atoms with Crippen LogP contribution < -0.4 is 0 Å². The highest BCUT2D eigenvalue weighted by atomic mass is 35.5. The van der Waals surface area contributed by atoms with Gasteiger partial charge in [0.05, 0.1) is 29.6 Å². The summed E-state index contributed by atoms with van der Waals surface area (Å²) in [4.78, 5) is 2.56. The third-order valence-electron chi connectivity index (χ3n) is 6.63. The highest BCUT2D eigenvalue weighted by Gasteiger charge is 2.43. The van der Waals surface area contributed by atoms with Crippen LogP contribution >= 0.6 is 30.6 Å². The van der Waals surface area contributed by atoms with E-state index in [1.165, 1.54) is 12.1 Å². The molecule has 0 spiro atoms. The third-order valence-corrected chi connectivity index (χ3v) is 11.8. The first-order valence-corrected chi connectivity index (χ1v) is 14.6. The first-order valence-electron chi connectivity index (χ1n) is 12.1. The zero-order chi connectivity index (χ0) is 23.1. The molecular formula is C24H39Cl2N4OP. The number of allylic oxidation sites excluding steroid dienone is 2. The minimum atomic E-state index is -2.19. The molecule has 1 saturated heterocycles. The van der Waals surface area contributed by atoms with Crippen LogP contribution in [0.5, 0.6) is 0 Å². The molecule has 180 valence electrons. The summed E-state index contributed by atoms with van der Waals surface area (Å²) in [6.45, 7) is 16.4. The fraction of sp³-hybridized carbons (Fsp3) is 0.667. The van der Waals surface area contributed by atoms with Gasteiger partial charge in [0.25, 0.3) is 0 Å². The Bertz CT molecular complexity index is 817. The number of ether oxygens (including phenoxy) is 1. The maximum Gasteiger partial charge on any atom is 0.112 e. The van der Waals surface area contributed by atoms with Gasteiger partial charge in [-0.25, -0.2) is 4.74 Å². The highest BCUT2D eigenvalue weighted by molar-refractivity contribution is 7.62. The molecule has 1 fully saturated rings. The summed E-state index contributed by atoms with van der Waals surface area (Å²) in [6.07, 6.45) is 5.96. The standard InChI is InChI=1S/C24H39Cl2N4OP/c1-5-29(6-2)32(30(7-3)8-4,27-22-19-20(25)13-14-21(22)26)24-12-10-9-11-23(24)28-15-17-31-18-16-28/h11,13-14,19,24H,5-10,12,15-18H2,1-4H3/t24-/m1/s1. The summed E-state index contributed by atoms with van der Waals surface area (Å²) >= 11 is 13.1. The average molecular weight is 501 g/mol. The molecule has 0 N–H and O–H groups in total. The van der Waals surface area contributed by atoms with Gasteiger partial charge in [-0.3, -0.25) is 9.34 Å². The minimum Gasteiger partial charge on any atom is -0.378 e. The second kappa shape index (κ2) is 12.2. The number of rotatable bonds is 9. The van der Waals surface area contributed by atoms with Crippen LogP contribution in [0.2, 0.25) is 10.0 Å².